The fraction of sp³-hybridized carbons (Fsp3) is 0.200. The van der Waals surface area contributed by atoms with Crippen molar-refractivity contribution in [2.24, 2.45) is 0 Å². The number of aromatic nitrogens is 1. The van der Waals surface area contributed by atoms with E-state index in [1.807, 2.05) is 6.92 Å². The zero-order chi connectivity index (χ0) is 18.7. The lowest BCUT2D eigenvalue weighted by atomic mass is 9.99. The van der Waals surface area contributed by atoms with E-state index in [9.17, 15) is 9.59 Å². The quantitative estimate of drug-likeness (QED) is 0.467. The zero-order valence-corrected chi connectivity index (χ0v) is 15.2. The van der Waals surface area contributed by atoms with E-state index in [1.165, 1.54) is 0 Å². The minimum Gasteiger partial charge on any atom is -0.493 e. The highest BCUT2D eigenvalue weighted by atomic mass is 35.5. The van der Waals surface area contributed by atoms with Crippen LogP contribution in [0, 0.1) is 0 Å². The van der Waals surface area contributed by atoms with Crippen molar-refractivity contribution in [3.05, 3.63) is 58.9 Å². The van der Waals surface area contributed by atoms with Crippen molar-refractivity contribution in [2.75, 3.05) is 13.2 Å². The van der Waals surface area contributed by atoms with Crippen LogP contribution in [0.2, 0.25) is 5.02 Å². The number of hydrogen-bond donors (Lipinski definition) is 0. The molecule has 3 rings (SSSR count). The normalized spacial score (nSPS) is 10.7. The van der Waals surface area contributed by atoms with Crippen LogP contribution in [0.3, 0.4) is 0 Å². The molecule has 0 atom stereocenters. The molecule has 0 aliphatic rings. The van der Waals surface area contributed by atoms with Gasteiger partial charge < -0.3 is 13.9 Å². The highest BCUT2D eigenvalue weighted by Crippen LogP contribution is 2.39. The van der Waals surface area contributed by atoms with E-state index in [2.05, 4.69) is 0 Å². The maximum atomic E-state index is 12.7. The minimum absolute atomic E-state index is 0.229. The predicted octanol–water partition coefficient (Wildman–Crippen LogP) is 4.65. The van der Waals surface area contributed by atoms with Crippen molar-refractivity contribution in [1.82, 2.24) is 4.40 Å². The molecule has 0 bridgehead atoms. The highest BCUT2D eigenvalue weighted by Gasteiger charge is 2.27. The average Bonchev–Trinajstić information content (AvgIpc) is 2.97. The van der Waals surface area contributed by atoms with Gasteiger partial charge in [-0.05, 0) is 44.2 Å². The van der Waals surface area contributed by atoms with Gasteiger partial charge in [0.15, 0.2) is 6.29 Å². The summed E-state index contributed by atoms with van der Waals surface area (Å²) in [7, 11) is 0. The van der Waals surface area contributed by atoms with Crippen molar-refractivity contribution >= 4 is 29.4 Å². The average molecular weight is 372 g/mol. The monoisotopic (exact) mass is 371 g/mol. The maximum Gasteiger partial charge on any atom is 0.340 e. The molecular weight excluding hydrogens is 354 g/mol. The third-order valence-electron chi connectivity index (χ3n) is 3.98. The van der Waals surface area contributed by atoms with Crippen molar-refractivity contribution in [2.45, 2.75) is 13.8 Å². The molecule has 2 aromatic heterocycles. The van der Waals surface area contributed by atoms with Crippen LogP contribution in [0.1, 0.15) is 34.7 Å². The number of aldehydes is 1. The maximum absolute atomic E-state index is 12.7. The third kappa shape index (κ3) is 3.06. The van der Waals surface area contributed by atoms with Crippen LogP contribution in [-0.4, -0.2) is 29.9 Å². The zero-order valence-electron chi connectivity index (χ0n) is 14.5. The molecule has 2 heterocycles. The van der Waals surface area contributed by atoms with Crippen molar-refractivity contribution < 1.29 is 19.1 Å². The Balaban J connectivity index is 2.42. The molecule has 0 unspecified atom stereocenters. The van der Waals surface area contributed by atoms with E-state index in [0.29, 0.717) is 45.3 Å². The lowest BCUT2D eigenvalue weighted by molar-refractivity contribution is 0.0529. The van der Waals surface area contributed by atoms with Crippen LogP contribution < -0.4 is 4.74 Å². The molecule has 0 spiro atoms. The Morgan fingerprint density at radius 3 is 2.69 bits per heavy atom. The molecule has 0 amide bonds. The van der Waals surface area contributed by atoms with Gasteiger partial charge in [0.25, 0.3) is 0 Å². The van der Waals surface area contributed by atoms with Crippen LogP contribution >= 0.6 is 11.6 Å². The van der Waals surface area contributed by atoms with Crippen LogP contribution in [0.25, 0.3) is 16.6 Å². The lowest BCUT2D eigenvalue weighted by Crippen LogP contribution is -2.06. The Morgan fingerprint density at radius 2 is 2.00 bits per heavy atom. The Morgan fingerprint density at radius 1 is 1.19 bits per heavy atom. The van der Waals surface area contributed by atoms with Crippen molar-refractivity contribution in [1.29, 1.82) is 0 Å². The molecule has 1 aromatic carbocycles. The van der Waals surface area contributed by atoms with E-state index >= 15 is 0 Å². The van der Waals surface area contributed by atoms with Crippen LogP contribution in [0.4, 0.5) is 0 Å². The molecule has 0 fully saturated rings. The van der Waals surface area contributed by atoms with Crippen LogP contribution in [0.5, 0.6) is 5.75 Å². The number of fused-ring (bicyclic) bond motifs is 1. The molecule has 134 valence electrons. The number of hydrogen-bond acceptors (Lipinski definition) is 4. The van der Waals surface area contributed by atoms with Gasteiger partial charge in [-0.2, -0.15) is 0 Å². The second-order valence-electron chi connectivity index (χ2n) is 5.50. The molecule has 0 aliphatic heterocycles. The van der Waals surface area contributed by atoms with E-state index in [-0.39, 0.29) is 6.61 Å². The summed E-state index contributed by atoms with van der Waals surface area (Å²) in [5.41, 5.74) is 2.28. The molecule has 0 saturated heterocycles. The van der Waals surface area contributed by atoms with Gasteiger partial charge in [0, 0.05) is 22.3 Å². The van der Waals surface area contributed by atoms with Gasteiger partial charge in [-0.25, -0.2) is 4.79 Å². The largest absolute Gasteiger partial charge is 0.493 e. The fourth-order valence-electron chi connectivity index (χ4n) is 3.01. The lowest BCUT2D eigenvalue weighted by Gasteiger charge is -2.12. The molecule has 0 saturated carbocycles. The molecule has 0 aliphatic carbocycles. The summed E-state index contributed by atoms with van der Waals surface area (Å²) >= 11 is 6.19. The van der Waals surface area contributed by atoms with Gasteiger partial charge in [0.1, 0.15) is 5.75 Å². The van der Waals surface area contributed by atoms with Crippen LogP contribution in [-0.2, 0) is 4.74 Å². The molecule has 0 N–H and O–H groups in total. The number of esters is 1. The van der Waals surface area contributed by atoms with E-state index in [1.54, 1.807) is 53.9 Å². The summed E-state index contributed by atoms with van der Waals surface area (Å²) in [4.78, 5) is 24.6. The summed E-state index contributed by atoms with van der Waals surface area (Å²) in [6, 6.07) is 10.5. The van der Waals surface area contributed by atoms with Gasteiger partial charge in [-0.15, -0.1) is 0 Å². The van der Waals surface area contributed by atoms with Crippen molar-refractivity contribution in [3.8, 4) is 16.9 Å². The first-order valence-electron chi connectivity index (χ1n) is 8.30. The molecule has 0 radical (unpaired) electrons. The SMILES string of the molecule is CCOC(=O)c1c(-c2cc(Cl)ccc2OCC)c(C=O)n2ccccc12. The Kier molecular flexibility index (Phi) is 5.28. The smallest absolute Gasteiger partial charge is 0.340 e. The second kappa shape index (κ2) is 7.62. The van der Waals surface area contributed by atoms with Gasteiger partial charge in [0.2, 0.25) is 0 Å². The summed E-state index contributed by atoms with van der Waals surface area (Å²) in [6.45, 7) is 4.27. The third-order valence-corrected chi connectivity index (χ3v) is 4.22. The van der Waals surface area contributed by atoms with Gasteiger partial charge in [-0.3, -0.25) is 4.79 Å². The highest BCUT2D eigenvalue weighted by molar-refractivity contribution is 6.31. The first-order chi connectivity index (χ1) is 12.6. The molecule has 26 heavy (non-hydrogen) atoms. The number of benzene rings is 1. The number of pyridine rings is 1. The molecule has 5 nitrogen and oxygen atoms in total. The summed E-state index contributed by atoms with van der Waals surface area (Å²) in [6.07, 6.45) is 2.46. The van der Waals surface area contributed by atoms with Gasteiger partial charge in [0.05, 0.1) is 30.0 Å². The summed E-state index contributed by atoms with van der Waals surface area (Å²) in [5.74, 6) is 0.0446. The van der Waals surface area contributed by atoms with Gasteiger partial charge >= 0.3 is 5.97 Å². The predicted molar refractivity (Wildman–Crippen MR) is 100 cm³/mol. The Hall–Kier alpha value is -2.79. The van der Waals surface area contributed by atoms with E-state index < -0.39 is 5.97 Å². The van der Waals surface area contributed by atoms with Crippen molar-refractivity contribution in [3.63, 3.8) is 0 Å². The summed E-state index contributed by atoms with van der Waals surface area (Å²) < 4.78 is 12.6. The van der Waals surface area contributed by atoms with E-state index in [0.717, 1.165) is 6.29 Å². The number of rotatable bonds is 6. The Labute approximate surface area is 156 Å². The Bertz CT molecular complexity index is 977. The molecule has 3 aromatic rings. The first-order valence-corrected chi connectivity index (χ1v) is 8.68. The molecular formula is C20H18ClNO4. The number of ether oxygens (including phenoxy) is 2. The van der Waals surface area contributed by atoms with E-state index in [4.69, 9.17) is 21.1 Å². The second-order valence-corrected chi connectivity index (χ2v) is 5.94. The van der Waals surface area contributed by atoms with Gasteiger partial charge in [-0.1, -0.05) is 17.7 Å². The standard InChI is InChI=1S/C20H18ClNO4/c1-3-25-17-9-8-13(21)11-14(17)18-16(12-23)22-10-6-5-7-15(22)19(18)20(24)26-4-2/h5-12H,3-4H2,1-2H3. The first kappa shape index (κ1) is 18.0. The number of carbonyl (C=O) groups is 2. The topological polar surface area (TPSA) is 57.0 Å². The number of carbonyl (C=O) groups excluding carboxylic acids is 2. The fourth-order valence-corrected chi connectivity index (χ4v) is 3.18. The number of nitrogens with zero attached hydrogens (tertiary/aromatic N) is 1. The van der Waals surface area contributed by atoms with Crippen LogP contribution in [0.15, 0.2) is 42.6 Å². The minimum atomic E-state index is -0.498. The number of halogens is 1. The molecule has 6 heteroatoms. The summed E-state index contributed by atoms with van der Waals surface area (Å²) in [5, 5.41) is 0.477.